The first-order chi connectivity index (χ1) is 11.5. The highest BCUT2D eigenvalue weighted by Crippen LogP contribution is 2.30. The molecule has 1 heterocycles. The summed E-state index contributed by atoms with van der Waals surface area (Å²) in [4.78, 5) is 15.6. The van der Waals surface area contributed by atoms with Crippen LogP contribution in [0.2, 0.25) is 0 Å². The number of aryl methyl sites for hydroxylation is 4. The van der Waals surface area contributed by atoms with E-state index in [-0.39, 0.29) is 0 Å². The minimum Gasteiger partial charge on any atom is -0.478 e. The number of hydrogen-bond acceptors (Lipinski definition) is 2. The largest absolute Gasteiger partial charge is 0.478 e. The molecule has 0 saturated heterocycles. The molecular formula is C21H25NO2. The Morgan fingerprint density at radius 3 is 2.17 bits per heavy atom. The monoisotopic (exact) mass is 323 g/mol. The van der Waals surface area contributed by atoms with E-state index in [0.29, 0.717) is 0 Å². The number of rotatable bonds is 6. The predicted octanol–water partition coefficient (Wildman–Crippen LogP) is 4.84. The Morgan fingerprint density at radius 1 is 1.08 bits per heavy atom. The van der Waals surface area contributed by atoms with Crippen molar-refractivity contribution in [3.05, 3.63) is 58.3 Å². The van der Waals surface area contributed by atoms with Crippen molar-refractivity contribution in [2.75, 3.05) is 0 Å². The van der Waals surface area contributed by atoms with Gasteiger partial charge in [0.15, 0.2) is 0 Å². The standard InChI is InChI=1S/C21H25NO2/c1-5-15-9-8-10-16(6-2)21(15)19-13-17(7-3)18(14(4)22-19)11-12-20(23)24/h8-13H,5-7H2,1-4H3,(H,23,24)/b12-11+. The van der Waals surface area contributed by atoms with E-state index < -0.39 is 5.97 Å². The molecule has 2 aromatic rings. The Morgan fingerprint density at radius 2 is 1.67 bits per heavy atom. The molecule has 0 amide bonds. The van der Waals surface area contributed by atoms with Crippen LogP contribution in [0, 0.1) is 6.92 Å². The maximum absolute atomic E-state index is 10.8. The van der Waals surface area contributed by atoms with E-state index in [1.165, 1.54) is 22.8 Å². The van der Waals surface area contributed by atoms with Gasteiger partial charge in [0.2, 0.25) is 0 Å². The van der Waals surface area contributed by atoms with E-state index >= 15 is 0 Å². The molecule has 2 rings (SSSR count). The van der Waals surface area contributed by atoms with E-state index in [9.17, 15) is 4.79 Å². The fourth-order valence-corrected chi connectivity index (χ4v) is 3.12. The lowest BCUT2D eigenvalue weighted by molar-refractivity contribution is -0.131. The topological polar surface area (TPSA) is 50.2 Å². The SMILES string of the molecule is CCc1cc(-c2c(CC)cccc2CC)nc(C)c1/C=C/C(=O)O. The Hall–Kier alpha value is -2.42. The Bertz CT molecular complexity index is 753. The van der Waals surface area contributed by atoms with Crippen LogP contribution in [0.15, 0.2) is 30.3 Å². The van der Waals surface area contributed by atoms with Crippen LogP contribution in [0.5, 0.6) is 0 Å². The van der Waals surface area contributed by atoms with Gasteiger partial charge in [0.1, 0.15) is 0 Å². The minimum absolute atomic E-state index is 0.839. The molecule has 0 saturated carbocycles. The number of benzene rings is 1. The average molecular weight is 323 g/mol. The van der Waals surface area contributed by atoms with Crippen LogP contribution in [0.4, 0.5) is 0 Å². The summed E-state index contributed by atoms with van der Waals surface area (Å²) >= 11 is 0. The second-order valence-electron chi connectivity index (χ2n) is 5.85. The molecule has 0 aliphatic heterocycles. The van der Waals surface area contributed by atoms with Crippen molar-refractivity contribution in [1.82, 2.24) is 4.98 Å². The molecule has 0 aliphatic rings. The van der Waals surface area contributed by atoms with Crippen molar-refractivity contribution < 1.29 is 9.90 Å². The fraction of sp³-hybridized carbons (Fsp3) is 0.333. The van der Waals surface area contributed by atoms with Crippen molar-refractivity contribution >= 4 is 12.0 Å². The van der Waals surface area contributed by atoms with E-state index in [2.05, 4.69) is 45.0 Å². The Kier molecular flexibility index (Phi) is 5.91. The Labute approximate surface area is 144 Å². The zero-order chi connectivity index (χ0) is 17.7. The molecule has 1 aromatic carbocycles. The van der Waals surface area contributed by atoms with Crippen LogP contribution < -0.4 is 0 Å². The summed E-state index contributed by atoms with van der Waals surface area (Å²) in [7, 11) is 0. The fourth-order valence-electron chi connectivity index (χ4n) is 3.12. The van der Waals surface area contributed by atoms with Gasteiger partial charge >= 0.3 is 5.97 Å². The molecule has 1 N–H and O–H groups in total. The van der Waals surface area contributed by atoms with Gasteiger partial charge in [-0.05, 0) is 60.6 Å². The summed E-state index contributed by atoms with van der Waals surface area (Å²) in [5.74, 6) is -0.940. The van der Waals surface area contributed by atoms with Crippen molar-refractivity contribution in [3.63, 3.8) is 0 Å². The predicted molar refractivity (Wildman–Crippen MR) is 99.2 cm³/mol. The van der Waals surface area contributed by atoms with E-state index in [4.69, 9.17) is 10.1 Å². The molecule has 0 bridgehead atoms. The van der Waals surface area contributed by atoms with Gasteiger partial charge in [0.05, 0.1) is 5.69 Å². The average Bonchev–Trinajstić information content (AvgIpc) is 2.58. The maximum Gasteiger partial charge on any atom is 0.328 e. The van der Waals surface area contributed by atoms with Gasteiger partial charge in [0, 0.05) is 17.3 Å². The van der Waals surface area contributed by atoms with Crippen LogP contribution in [0.3, 0.4) is 0 Å². The van der Waals surface area contributed by atoms with Gasteiger partial charge < -0.3 is 5.11 Å². The van der Waals surface area contributed by atoms with Crippen LogP contribution in [0.25, 0.3) is 17.3 Å². The quantitative estimate of drug-likeness (QED) is 0.774. The summed E-state index contributed by atoms with van der Waals surface area (Å²) < 4.78 is 0. The van der Waals surface area contributed by atoms with Crippen LogP contribution >= 0.6 is 0 Å². The third kappa shape index (κ3) is 3.73. The zero-order valence-corrected chi connectivity index (χ0v) is 14.9. The Balaban J connectivity index is 2.66. The molecule has 0 fully saturated rings. The number of pyridine rings is 1. The molecule has 3 heteroatoms. The highest BCUT2D eigenvalue weighted by molar-refractivity contribution is 5.86. The van der Waals surface area contributed by atoms with E-state index in [1.807, 2.05) is 6.92 Å². The smallest absolute Gasteiger partial charge is 0.328 e. The molecule has 0 atom stereocenters. The first-order valence-corrected chi connectivity index (χ1v) is 8.54. The van der Waals surface area contributed by atoms with Crippen LogP contribution in [0.1, 0.15) is 48.7 Å². The summed E-state index contributed by atoms with van der Waals surface area (Å²) in [6.07, 6.45) is 5.60. The lowest BCUT2D eigenvalue weighted by atomic mass is 9.92. The molecule has 126 valence electrons. The first-order valence-electron chi connectivity index (χ1n) is 8.54. The molecule has 3 nitrogen and oxygen atoms in total. The number of aromatic nitrogens is 1. The second kappa shape index (κ2) is 7.91. The van der Waals surface area contributed by atoms with Crippen molar-refractivity contribution in [2.24, 2.45) is 0 Å². The number of carboxylic acids is 1. The summed E-state index contributed by atoms with van der Waals surface area (Å²) in [5.41, 5.74) is 7.74. The van der Waals surface area contributed by atoms with E-state index in [1.54, 1.807) is 6.08 Å². The van der Waals surface area contributed by atoms with Crippen LogP contribution in [-0.4, -0.2) is 16.1 Å². The van der Waals surface area contributed by atoms with Gasteiger partial charge in [0.25, 0.3) is 0 Å². The lowest BCUT2D eigenvalue weighted by Gasteiger charge is -2.16. The second-order valence-corrected chi connectivity index (χ2v) is 5.85. The molecule has 0 unspecified atom stereocenters. The van der Waals surface area contributed by atoms with Gasteiger partial charge in [-0.15, -0.1) is 0 Å². The summed E-state index contributed by atoms with van der Waals surface area (Å²) in [6.45, 7) is 8.36. The highest BCUT2D eigenvalue weighted by atomic mass is 16.4. The molecule has 0 spiro atoms. The van der Waals surface area contributed by atoms with Crippen LogP contribution in [-0.2, 0) is 24.1 Å². The summed E-state index contributed by atoms with van der Waals surface area (Å²) in [5, 5.41) is 8.89. The lowest BCUT2D eigenvalue weighted by Crippen LogP contribution is -2.02. The van der Waals surface area contributed by atoms with Crippen molar-refractivity contribution in [1.29, 1.82) is 0 Å². The molecular weight excluding hydrogens is 298 g/mol. The molecule has 0 aliphatic carbocycles. The number of carbonyl (C=O) groups is 1. The zero-order valence-electron chi connectivity index (χ0n) is 14.9. The van der Waals surface area contributed by atoms with Gasteiger partial charge in [-0.3, -0.25) is 4.98 Å². The first kappa shape index (κ1) is 17.9. The number of carboxylic acid groups (broad SMARTS) is 1. The van der Waals surface area contributed by atoms with Gasteiger partial charge in [-0.2, -0.15) is 0 Å². The van der Waals surface area contributed by atoms with Gasteiger partial charge in [-0.1, -0.05) is 39.0 Å². The third-order valence-electron chi connectivity index (χ3n) is 4.36. The number of nitrogens with zero attached hydrogens (tertiary/aromatic N) is 1. The summed E-state index contributed by atoms with van der Waals surface area (Å²) in [6, 6.07) is 8.55. The number of hydrogen-bond donors (Lipinski definition) is 1. The minimum atomic E-state index is -0.940. The molecule has 24 heavy (non-hydrogen) atoms. The number of aliphatic carboxylic acids is 1. The van der Waals surface area contributed by atoms with Crippen molar-refractivity contribution in [3.8, 4) is 11.3 Å². The highest BCUT2D eigenvalue weighted by Gasteiger charge is 2.14. The van der Waals surface area contributed by atoms with Gasteiger partial charge in [-0.25, -0.2) is 4.79 Å². The third-order valence-corrected chi connectivity index (χ3v) is 4.36. The van der Waals surface area contributed by atoms with Crippen molar-refractivity contribution in [2.45, 2.75) is 47.0 Å². The molecule has 0 radical (unpaired) electrons. The van der Waals surface area contributed by atoms with E-state index in [0.717, 1.165) is 41.8 Å². The maximum atomic E-state index is 10.8. The normalized spacial score (nSPS) is 11.2. The molecule has 1 aromatic heterocycles.